The molecule has 2 aromatic heterocycles. The Kier molecular flexibility index (Phi) is 9.87. The molecule has 0 saturated heterocycles. The molecule has 44 heavy (non-hydrogen) atoms. The van der Waals surface area contributed by atoms with Crippen molar-refractivity contribution in [1.29, 1.82) is 0 Å². The predicted octanol–water partition coefficient (Wildman–Crippen LogP) is 9.53. The van der Waals surface area contributed by atoms with Crippen molar-refractivity contribution < 1.29 is 18.3 Å². The molecular weight excluding hydrogens is 548 g/mol. The molecule has 0 aliphatic carbocycles. The average molecular weight is 605 g/mol. The zero-order chi connectivity index (χ0) is 32.5. The van der Waals surface area contributed by atoms with Crippen molar-refractivity contribution in [3.63, 3.8) is 0 Å². The van der Waals surface area contributed by atoms with Crippen LogP contribution in [0.25, 0.3) is 21.9 Å². The van der Waals surface area contributed by atoms with Gasteiger partial charge in [0.25, 0.3) is 0 Å². The molecule has 0 radical (unpaired) electrons. The fourth-order valence-electron chi connectivity index (χ4n) is 5.15. The number of hydrogen-bond donors (Lipinski definition) is 2. The maximum absolute atomic E-state index is 6.35. The molecule has 0 saturated carbocycles. The lowest BCUT2D eigenvalue weighted by Crippen LogP contribution is -2.44. The van der Waals surface area contributed by atoms with Gasteiger partial charge < -0.3 is 28.9 Å². The monoisotopic (exact) mass is 604 g/mol. The van der Waals surface area contributed by atoms with Crippen LogP contribution in [0.5, 0.6) is 11.5 Å². The van der Waals surface area contributed by atoms with Gasteiger partial charge in [-0.2, -0.15) is 0 Å². The fourth-order valence-corrected chi connectivity index (χ4v) is 5.15. The van der Waals surface area contributed by atoms with Crippen LogP contribution in [0.15, 0.2) is 57.4 Å². The summed E-state index contributed by atoms with van der Waals surface area (Å²) in [4.78, 5) is 0. The van der Waals surface area contributed by atoms with E-state index in [0.717, 1.165) is 70.9 Å². The van der Waals surface area contributed by atoms with Crippen LogP contribution in [0.4, 0.5) is 0 Å². The molecule has 6 nitrogen and oxygen atoms in total. The van der Waals surface area contributed by atoms with Gasteiger partial charge >= 0.3 is 0 Å². The summed E-state index contributed by atoms with van der Waals surface area (Å²) in [6.45, 7) is 27.8. The third kappa shape index (κ3) is 9.28. The highest BCUT2D eigenvalue weighted by atomic mass is 16.5. The first-order valence-corrected chi connectivity index (χ1v) is 16.2. The highest BCUT2D eigenvalue weighted by Crippen LogP contribution is 2.36. The number of rotatable bonds is 13. The lowest BCUT2D eigenvalue weighted by Gasteiger charge is -2.32. The molecule has 0 unspecified atom stereocenters. The summed E-state index contributed by atoms with van der Waals surface area (Å²) >= 11 is 0. The molecule has 0 spiro atoms. The predicted molar refractivity (Wildman–Crippen MR) is 183 cm³/mol. The smallest absolute Gasteiger partial charge is 0.134 e. The lowest BCUT2D eigenvalue weighted by molar-refractivity contribution is 0.193. The van der Waals surface area contributed by atoms with E-state index in [4.69, 9.17) is 18.3 Å². The van der Waals surface area contributed by atoms with Crippen LogP contribution in [0.1, 0.15) is 107 Å². The lowest BCUT2D eigenvalue weighted by atomic mass is 9.81. The Morgan fingerprint density at radius 3 is 1.59 bits per heavy atom. The maximum Gasteiger partial charge on any atom is 0.134 e. The van der Waals surface area contributed by atoms with Gasteiger partial charge in [-0.1, -0.05) is 34.6 Å². The molecule has 0 fully saturated rings. The van der Waals surface area contributed by atoms with Gasteiger partial charge in [0.15, 0.2) is 0 Å². The van der Waals surface area contributed by atoms with Crippen LogP contribution in [0.3, 0.4) is 0 Å². The summed E-state index contributed by atoms with van der Waals surface area (Å²) in [5.41, 5.74) is 1.66. The maximum atomic E-state index is 6.35. The normalized spacial score (nSPS) is 14.7. The number of fused-ring (bicyclic) bond motifs is 2. The summed E-state index contributed by atoms with van der Waals surface area (Å²) in [5.74, 6) is 3.72. The number of nitrogens with one attached hydrogen (secondary N) is 2. The van der Waals surface area contributed by atoms with Crippen molar-refractivity contribution in [2.75, 3.05) is 13.1 Å². The van der Waals surface area contributed by atoms with Crippen LogP contribution in [-0.4, -0.2) is 36.4 Å². The Bertz CT molecular complexity index is 1530. The third-order valence-corrected chi connectivity index (χ3v) is 8.22. The first kappa shape index (κ1) is 33.9. The van der Waals surface area contributed by atoms with Gasteiger partial charge in [0.1, 0.15) is 46.4 Å². The Hall–Kier alpha value is -2.96. The van der Waals surface area contributed by atoms with Crippen molar-refractivity contribution in [1.82, 2.24) is 10.6 Å². The fraction of sp³-hybridized carbons (Fsp3) is 0.579. The molecule has 0 aliphatic rings. The Labute approximate surface area is 265 Å². The molecule has 6 heteroatoms. The molecule has 2 N–H and O–H groups in total. The van der Waals surface area contributed by atoms with Crippen molar-refractivity contribution in [3.8, 4) is 11.5 Å². The van der Waals surface area contributed by atoms with E-state index in [-0.39, 0.29) is 34.1 Å². The van der Waals surface area contributed by atoms with E-state index in [0.29, 0.717) is 0 Å². The summed E-state index contributed by atoms with van der Waals surface area (Å²) in [6.07, 6.45) is 2.06. The van der Waals surface area contributed by atoms with Gasteiger partial charge in [-0.3, -0.25) is 0 Å². The summed E-state index contributed by atoms with van der Waals surface area (Å²) in [7, 11) is 0. The van der Waals surface area contributed by atoms with E-state index in [2.05, 4.69) is 118 Å². The number of benzene rings is 2. The summed E-state index contributed by atoms with van der Waals surface area (Å²) in [6, 6.07) is 16.5. The van der Waals surface area contributed by atoms with Gasteiger partial charge in [-0.05, 0) is 110 Å². The van der Waals surface area contributed by atoms with E-state index < -0.39 is 0 Å². The van der Waals surface area contributed by atoms with Crippen molar-refractivity contribution >= 4 is 21.9 Å². The molecule has 0 amide bonds. The molecule has 2 atom stereocenters. The first-order chi connectivity index (χ1) is 20.3. The number of furan rings is 2. The number of hydrogen-bond acceptors (Lipinski definition) is 6. The molecular formula is C38H56N2O4. The van der Waals surface area contributed by atoms with Gasteiger partial charge in [0, 0.05) is 45.8 Å². The summed E-state index contributed by atoms with van der Waals surface area (Å²) < 4.78 is 24.9. The highest BCUT2D eigenvalue weighted by molar-refractivity contribution is 5.80. The standard InChI is InChI=1S/C38H56N2O4/c1-25(23-39-36(6,7)8)41-30-14-16-32-28(20-30)22-34(44-32)37(9,10)17-18-38(11,12)40-24-26(2)42-29-13-15-31-27(19-29)21-33(43-31)35(3,4)5/h13-16,19-22,25-26,39-40H,17-18,23-24H2,1-12H3/t25-,26+/m0/s1. The highest BCUT2D eigenvalue weighted by Gasteiger charge is 2.29. The van der Waals surface area contributed by atoms with Crippen LogP contribution in [0.2, 0.25) is 0 Å². The van der Waals surface area contributed by atoms with Crippen LogP contribution in [-0.2, 0) is 10.8 Å². The molecule has 4 aromatic rings. The second kappa shape index (κ2) is 12.8. The molecule has 0 aliphatic heterocycles. The minimum atomic E-state index is -0.114. The van der Waals surface area contributed by atoms with E-state index in [9.17, 15) is 0 Å². The zero-order valence-electron chi connectivity index (χ0n) is 29.2. The second-order valence-corrected chi connectivity index (χ2v) is 16.0. The van der Waals surface area contributed by atoms with Crippen molar-refractivity contribution in [3.05, 3.63) is 60.1 Å². The average Bonchev–Trinajstić information content (AvgIpc) is 3.54. The Balaban J connectivity index is 1.30. The van der Waals surface area contributed by atoms with Crippen molar-refractivity contribution in [2.24, 2.45) is 0 Å². The Morgan fingerprint density at radius 1 is 0.614 bits per heavy atom. The molecule has 0 bridgehead atoms. The minimum Gasteiger partial charge on any atom is -0.489 e. The molecule has 4 rings (SSSR count). The minimum absolute atomic E-state index is 0.0208. The second-order valence-electron chi connectivity index (χ2n) is 16.0. The SMILES string of the molecule is C[C@H](CNC(C)(C)CCC(C)(C)c1cc2cc(O[C@@H](C)CNC(C)(C)C)ccc2o1)Oc1ccc2oc(C(C)(C)C)cc2c1. The van der Waals surface area contributed by atoms with Crippen LogP contribution < -0.4 is 20.1 Å². The van der Waals surface area contributed by atoms with Gasteiger partial charge in [-0.25, -0.2) is 0 Å². The number of ether oxygens (including phenoxy) is 2. The van der Waals surface area contributed by atoms with Crippen LogP contribution >= 0.6 is 0 Å². The van der Waals surface area contributed by atoms with Gasteiger partial charge in [0.2, 0.25) is 0 Å². The van der Waals surface area contributed by atoms with Crippen molar-refractivity contribution in [2.45, 2.75) is 130 Å². The quantitative estimate of drug-likeness (QED) is 0.158. The van der Waals surface area contributed by atoms with Crippen LogP contribution in [0, 0.1) is 0 Å². The van der Waals surface area contributed by atoms with E-state index in [1.807, 2.05) is 24.3 Å². The first-order valence-electron chi connectivity index (χ1n) is 16.2. The topological polar surface area (TPSA) is 68.8 Å². The van der Waals surface area contributed by atoms with E-state index >= 15 is 0 Å². The largest absolute Gasteiger partial charge is 0.489 e. The van der Waals surface area contributed by atoms with Gasteiger partial charge in [-0.15, -0.1) is 0 Å². The molecule has 242 valence electrons. The Morgan fingerprint density at radius 2 is 1.09 bits per heavy atom. The van der Waals surface area contributed by atoms with Gasteiger partial charge in [0.05, 0.1) is 0 Å². The molecule has 2 heterocycles. The zero-order valence-corrected chi connectivity index (χ0v) is 29.2. The van der Waals surface area contributed by atoms with E-state index in [1.165, 1.54) is 0 Å². The van der Waals surface area contributed by atoms with E-state index in [1.54, 1.807) is 0 Å². The summed E-state index contributed by atoms with van der Waals surface area (Å²) in [5, 5.41) is 9.40. The molecule has 2 aromatic carbocycles. The third-order valence-electron chi connectivity index (χ3n) is 8.22.